The molecule has 3 N–H and O–H groups in total. The zero-order chi connectivity index (χ0) is 11.4. The SMILES string of the molecule is N=C(N)c1ncccc1Sc1ccncc1. The van der Waals surface area contributed by atoms with Crippen molar-refractivity contribution in [1.82, 2.24) is 9.97 Å². The van der Waals surface area contributed by atoms with Gasteiger partial charge in [0.15, 0.2) is 0 Å². The Balaban J connectivity index is 2.31. The van der Waals surface area contributed by atoms with Crippen LogP contribution in [0.4, 0.5) is 0 Å². The smallest absolute Gasteiger partial charge is 0.142 e. The maximum Gasteiger partial charge on any atom is 0.142 e. The summed E-state index contributed by atoms with van der Waals surface area (Å²) in [6.07, 6.45) is 5.09. The van der Waals surface area contributed by atoms with Gasteiger partial charge in [0, 0.05) is 28.4 Å². The predicted molar refractivity (Wildman–Crippen MR) is 63.6 cm³/mol. The van der Waals surface area contributed by atoms with E-state index < -0.39 is 0 Å². The summed E-state index contributed by atoms with van der Waals surface area (Å²) in [5, 5.41) is 7.43. The zero-order valence-electron chi connectivity index (χ0n) is 8.42. The Hall–Kier alpha value is -1.88. The molecule has 0 radical (unpaired) electrons. The van der Waals surface area contributed by atoms with Gasteiger partial charge in [-0.1, -0.05) is 11.8 Å². The van der Waals surface area contributed by atoms with E-state index in [4.69, 9.17) is 11.1 Å². The highest BCUT2D eigenvalue weighted by molar-refractivity contribution is 7.99. The third-order valence-electron chi connectivity index (χ3n) is 1.90. The molecule has 0 aromatic carbocycles. The van der Waals surface area contributed by atoms with Gasteiger partial charge in [0.05, 0.1) is 0 Å². The molecule has 80 valence electrons. The molecule has 0 spiro atoms. The first-order valence-electron chi connectivity index (χ1n) is 4.64. The van der Waals surface area contributed by atoms with Crippen molar-refractivity contribution in [2.24, 2.45) is 5.73 Å². The monoisotopic (exact) mass is 230 g/mol. The second kappa shape index (κ2) is 4.76. The van der Waals surface area contributed by atoms with Gasteiger partial charge in [0.2, 0.25) is 0 Å². The number of aromatic nitrogens is 2. The minimum atomic E-state index is -0.0165. The van der Waals surface area contributed by atoms with Crippen LogP contribution in [0, 0.1) is 5.41 Å². The molecule has 0 saturated carbocycles. The molecule has 2 rings (SSSR count). The molecule has 0 saturated heterocycles. The van der Waals surface area contributed by atoms with E-state index in [1.807, 2.05) is 24.3 Å². The van der Waals surface area contributed by atoms with Gasteiger partial charge < -0.3 is 5.73 Å². The van der Waals surface area contributed by atoms with Crippen molar-refractivity contribution in [2.75, 3.05) is 0 Å². The quantitative estimate of drug-likeness (QED) is 0.624. The summed E-state index contributed by atoms with van der Waals surface area (Å²) in [6, 6.07) is 7.54. The third kappa shape index (κ3) is 2.38. The predicted octanol–water partition coefficient (Wildman–Crippen LogP) is 1.91. The molecule has 0 aliphatic rings. The Morgan fingerprint density at radius 1 is 1.19 bits per heavy atom. The van der Waals surface area contributed by atoms with Crippen molar-refractivity contribution < 1.29 is 0 Å². The Labute approximate surface area is 97.4 Å². The molecule has 5 heteroatoms. The van der Waals surface area contributed by atoms with Crippen LogP contribution in [0.15, 0.2) is 52.6 Å². The van der Waals surface area contributed by atoms with Crippen LogP contribution in [-0.2, 0) is 0 Å². The van der Waals surface area contributed by atoms with Crippen LogP contribution in [0.3, 0.4) is 0 Å². The van der Waals surface area contributed by atoms with E-state index >= 15 is 0 Å². The normalized spacial score (nSPS) is 10.0. The maximum atomic E-state index is 7.43. The molecule has 0 atom stereocenters. The third-order valence-corrected chi connectivity index (χ3v) is 2.96. The molecule has 0 amide bonds. The Kier molecular flexibility index (Phi) is 3.16. The van der Waals surface area contributed by atoms with Crippen LogP contribution in [-0.4, -0.2) is 15.8 Å². The summed E-state index contributed by atoms with van der Waals surface area (Å²) in [6.45, 7) is 0. The molecule has 2 aromatic heterocycles. The number of nitrogens with zero attached hydrogens (tertiary/aromatic N) is 2. The summed E-state index contributed by atoms with van der Waals surface area (Å²) in [5.74, 6) is -0.0165. The van der Waals surface area contributed by atoms with Crippen LogP contribution < -0.4 is 5.73 Å². The number of nitrogens with one attached hydrogen (secondary N) is 1. The van der Waals surface area contributed by atoms with Crippen molar-refractivity contribution in [3.05, 3.63) is 48.5 Å². The van der Waals surface area contributed by atoms with E-state index in [9.17, 15) is 0 Å². The fourth-order valence-corrected chi connectivity index (χ4v) is 2.13. The summed E-state index contributed by atoms with van der Waals surface area (Å²) in [7, 11) is 0. The largest absolute Gasteiger partial charge is 0.382 e. The van der Waals surface area contributed by atoms with E-state index in [1.54, 1.807) is 18.6 Å². The molecule has 0 aliphatic heterocycles. The summed E-state index contributed by atoms with van der Waals surface area (Å²) in [4.78, 5) is 9.96. The zero-order valence-corrected chi connectivity index (χ0v) is 9.24. The number of nitrogen functional groups attached to an aromatic ring is 1. The van der Waals surface area contributed by atoms with Gasteiger partial charge in [-0.05, 0) is 24.3 Å². The first-order valence-corrected chi connectivity index (χ1v) is 5.46. The molecule has 0 unspecified atom stereocenters. The Morgan fingerprint density at radius 2 is 1.94 bits per heavy atom. The van der Waals surface area contributed by atoms with E-state index in [2.05, 4.69) is 9.97 Å². The van der Waals surface area contributed by atoms with Crippen LogP contribution >= 0.6 is 11.8 Å². The average Bonchev–Trinajstić information content (AvgIpc) is 2.31. The van der Waals surface area contributed by atoms with Crippen molar-refractivity contribution in [1.29, 1.82) is 5.41 Å². The molecule has 16 heavy (non-hydrogen) atoms. The molecule has 0 bridgehead atoms. The van der Waals surface area contributed by atoms with Crippen molar-refractivity contribution in [3.63, 3.8) is 0 Å². The number of amidine groups is 1. The highest BCUT2D eigenvalue weighted by Crippen LogP contribution is 2.28. The lowest BCUT2D eigenvalue weighted by molar-refractivity contribution is 1.17. The first kappa shape index (κ1) is 10.6. The van der Waals surface area contributed by atoms with Gasteiger partial charge >= 0.3 is 0 Å². The van der Waals surface area contributed by atoms with Gasteiger partial charge in [-0.15, -0.1) is 0 Å². The van der Waals surface area contributed by atoms with Crippen LogP contribution in [0.5, 0.6) is 0 Å². The van der Waals surface area contributed by atoms with Crippen LogP contribution in [0.1, 0.15) is 5.69 Å². The summed E-state index contributed by atoms with van der Waals surface area (Å²) in [5.41, 5.74) is 5.98. The van der Waals surface area contributed by atoms with Gasteiger partial charge in [-0.2, -0.15) is 0 Å². The minimum absolute atomic E-state index is 0.0165. The minimum Gasteiger partial charge on any atom is -0.382 e. The molecule has 0 aliphatic carbocycles. The standard InChI is InChI=1S/C11H10N4S/c12-11(13)10-9(2-1-5-15-10)16-8-3-6-14-7-4-8/h1-7H,(H3,12,13). The maximum absolute atomic E-state index is 7.43. The van der Waals surface area contributed by atoms with E-state index in [0.717, 1.165) is 9.79 Å². The van der Waals surface area contributed by atoms with Gasteiger partial charge in [-0.3, -0.25) is 15.4 Å². The lowest BCUT2D eigenvalue weighted by Gasteiger charge is -2.05. The molecular weight excluding hydrogens is 220 g/mol. The Bertz CT molecular complexity index is 498. The number of nitrogens with two attached hydrogens (primary N) is 1. The second-order valence-electron chi connectivity index (χ2n) is 3.05. The van der Waals surface area contributed by atoms with Crippen molar-refractivity contribution in [2.45, 2.75) is 9.79 Å². The number of rotatable bonds is 3. The fraction of sp³-hybridized carbons (Fsp3) is 0. The van der Waals surface area contributed by atoms with Crippen molar-refractivity contribution in [3.8, 4) is 0 Å². The number of pyridine rings is 2. The van der Waals surface area contributed by atoms with E-state index in [-0.39, 0.29) is 5.84 Å². The molecule has 2 aromatic rings. The molecular formula is C11H10N4S. The van der Waals surface area contributed by atoms with Crippen LogP contribution in [0.25, 0.3) is 0 Å². The fourth-order valence-electron chi connectivity index (χ4n) is 1.21. The summed E-state index contributed by atoms with van der Waals surface area (Å²) >= 11 is 1.52. The summed E-state index contributed by atoms with van der Waals surface area (Å²) < 4.78 is 0. The number of hydrogen-bond acceptors (Lipinski definition) is 4. The average molecular weight is 230 g/mol. The second-order valence-corrected chi connectivity index (χ2v) is 4.16. The van der Waals surface area contributed by atoms with Crippen molar-refractivity contribution >= 4 is 17.6 Å². The van der Waals surface area contributed by atoms with Gasteiger partial charge in [-0.25, -0.2) is 0 Å². The first-order chi connectivity index (χ1) is 7.77. The topological polar surface area (TPSA) is 75.7 Å². The Morgan fingerprint density at radius 3 is 2.62 bits per heavy atom. The highest BCUT2D eigenvalue weighted by Gasteiger charge is 2.07. The molecule has 0 fully saturated rings. The highest BCUT2D eigenvalue weighted by atomic mass is 32.2. The molecule has 2 heterocycles. The van der Waals surface area contributed by atoms with Gasteiger partial charge in [0.25, 0.3) is 0 Å². The lowest BCUT2D eigenvalue weighted by Crippen LogP contribution is -2.14. The van der Waals surface area contributed by atoms with E-state index in [0.29, 0.717) is 5.69 Å². The van der Waals surface area contributed by atoms with E-state index in [1.165, 1.54) is 11.8 Å². The molecule has 4 nitrogen and oxygen atoms in total. The van der Waals surface area contributed by atoms with Gasteiger partial charge in [0.1, 0.15) is 11.5 Å². The number of hydrogen-bond donors (Lipinski definition) is 2. The van der Waals surface area contributed by atoms with Crippen LogP contribution in [0.2, 0.25) is 0 Å². The lowest BCUT2D eigenvalue weighted by atomic mass is 10.3.